The van der Waals surface area contributed by atoms with E-state index in [9.17, 15) is 17.4 Å². The molecule has 2 aromatic rings. The predicted molar refractivity (Wildman–Crippen MR) is 73.3 cm³/mol. The molecule has 1 unspecified atom stereocenters. The van der Waals surface area contributed by atoms with Crippen molar-refractivity contribution in [2.75, 3.05) is 5.94 Å². The van der Waals surface area contributed by atoms with Gasteiger partial charge in [-0.1, -0.05) is 41.6 Å². The second-order valence-corrected chi connectivity index (χ2v) is 4.95. The van der Waals surface area contributed by atoms with E-state index in [4.69, 9.17) is 4.55 Å². The van der Waals surface area contributed by atoms with Gasteiger partial charge in [0.1, 0.15) is 0 Å². The highest BCUT2D eigenvalue weighted by Gasteiger charge is 2.38. The fourth-order valence-corrected chi connectivity index (χ4v) is 1.88. The molecule has 0 aliphatic heterocycles. The highest BCUT2D eigenvalue weighted by Crippen LogP contribution is 2.25. The van der Waals surface area contributed by atoms with Crippen LogP contribution in [0.1, 0.15) is 5.56 Å². The van der Waals surface area contributed by atoms with Crippen LogP contribution in [-0.2, 0) is 15.9 Å². The number of alkyl halides is 3. The summed E-state index contributed by atoms with van der Waals surface area (Å²) in [6, 6.07) is 11.1. The Hall–Kier alpha value is -1.93. The van der Waals surface area contributed by atoms with Crippen molar-refractivity contribution in [2.24, 2.45) is 5.16 Å². The minimum atomic E-state index is -4.74. The number of halogens is 3. The van der Waals surface area contributed by atoms with Gasteiger partial charge in [-0.15, -0.1) is 0 Å². The molecule has 21 heavy (non-hydrogen) atoms. The fourth-order valence-electron chi connectivity index (χ4n) is 1.74. The van der Waals surface area contributed by atoms with Crippen molar-refractivity contribution in [3.63, 3.8) is 0 Å². The van der Waals surface area contributed by atoms with Crippen LogP contribution in [0, 0.1) is 0 Å². The van der Waals surface area contributed by atoms with E-state index in [0.29, 0.717) is 5.39 Å². The molecule has 0 aromatic heterocycles. The number of fused-ring (bicyclic) bond motifs is 1. The summed E-state index contributed by atoms with van der Waals surface area (Å²) in [4.78, 5) is 4.27. The highest BCUT2D eigenvalue weighted by atomic mass is 32.2. The zero-order chi connectivity index (χ0) is 15.5. The van der Waals surface area contributed by atoms with E-state index in [-0.39, 0.29) is 5.56 Å². The summed E-state index contributed by atoms with van der Waals surface area (Å²) in [5.74, 6) is -0.826. The van der Waals surface area contributed by atoms with Gasteiger partial charge < -0.3 is 9.39 Å². The number of benzene rings is 2. The molecule has 0 aliphatic rings. The molecule has 8 heteroatoms. The molecule has 0 aliphatic carbocycles. The standard InChI is InChI=1S/C13H10F3NO3S/c14-13(15,16)12(17-20-8-21(18)19)11-6-5-9-3-1-2-4-10(9)7-11/h1-7H,8H2,(H,18,19). The third-order valence-electron chi connectivity index (χ3n) is 2.60. The molecule has 0 fully saturated rings. The molecule has 1 atom stereocenters. The van der Waals surface area contributed by atoms with Crippen LogP contribution in [0.5, 0.6) is 0 Å². The smallest absolute Gasteiger partial charge is 0.379 e. The van der Waals surface area contributed by atoms with Crippen LogP contribution in [0.2, 0.25) is 0 Å². The zero-order valence-electron chi connectivity index (χ0n) is 10.5. The van der Waals surface area contributed by atoms with E-state index >= 15 is 0 Å². The van der Waals surface area contributed by atoms with Gasteiger partial charge in [0.2, 0.25) is 5.94 Å². The first-order valence-electron chi connectivity index (χ1n) is 5.72. The highest BCUT2D eigenvalue weighted by molar-refractivity contribution is 7.79. The van der Waals surface area contributed by atoms with Crippen molar-refractivity contribution in [2.45, 2.75) is 6.18 Å². The van der Waals surface area contributed by atoms with Crippen LogP contribution in [0.25, 0.3) is 10.8 Å². The summed E-state index contributed by atoms with van der Waals surface area (Å²) < 4.78 is 57.8. The molecule has 112 valence electrons. The first-order valence-corrected chi connectivity index (χ1v) is 6.99. The van der Waals surface area contributed by atoms with Crippen LogP contribution < -0.4 is 0 Å². The molecule has 0 heterocycles. The predicted octanol–water partition coefficient (Wildman–Crippen LogP) is 3.30. The van der Waals surface area contributed by atoms with Gasteiger partial charge in [-0.05, 0) is 16.8 Å². The Morgan fingerprint density at radius 1 is 1.19 bits per heavy atom. The van der Waals surface area contributed by atoms with Crippen molar-refractivity contribution in [1.82, 2.24) is 0 Å². The lowest BCUT2D eigenvalue weighted by Gasteiger charge is -2.11. The molecule has 0 spiro atoms. The lowest BCUT2D eigenvalue weighted by Crippen LogP contribution is -2.24. The maximum atomic E-state index is 13.0. The number of hydrogen-bond acceptors (Lipinski definition) is 3. The minimum absolute atomic E-state index is 0.176. The summed E-state index contributed by atoms with van der Waals surface area (Å²) in [7, 11) is 0. The average Bonchev–Trinajstić information content (AvgIpc) is 2.41. The molecule has 2 aromatic carbocycles. The van der Waals surface area contributed by atoms with Crippen LogP contribution >= 0.6 is 0 Å². The molecule has 0 saturated carbocycles. The van der Waals surface area contributed by atoms with Crippen LogP contribution in [0.15, 0.2) is 47.6 Å². The van der Waals surface area contributed by atoms with E-state index in [0.717, 1.165) is 5.39 Å². The molecule has 0 bridgehead atoms. The van der Waals surface area contributed by atoms with Gasteiger partial charge >= 0.3 is 6.18 Å². The van der Waals surface area contributed by atoms with Crippen molar-refractivity contribution < 1.29 is 26.8 Å². The molecule has 2 rings (SSSR count). The monoisotopic (exact) mass is 317 g/mol. The van der Waals surface area contributed by atoms with Gasteiger partial charge in [0.05, 0.1) is 0 Å². The number of nitrogens with zero attached hydrogens (tertiary/aromatic N) is 1. The second kappa shape index (κ2) is 6.23. The SMILES string of the molecule is O=S(O)CON=C(c1ccc2ccccc2c1)C(F)(F)F. The molecule has 4 nitrogen and oxygen atoms in total. The Bertz CT molecular complexity index is 700. The van der Waals surface area contributed by atoms with Gasteiger partial charge in [-0.25, -0.2) is 4.21 Å². The Balaban J connectivity index is 2.41. The van der Waals surface area contributed by atoms with Crippen molar-refractivity contribution in [3.8, 4) is 0 Å². The number of rotatable bonds is 4. The first kappa shape index (κ1) is 15.5. The summed E-state index contributed by atoms with van der Waals surface area (Å²) in [5.41, 5.74) is -1.43. The topological polar surface area (TPSA) is 58.9 Å². The molecule has 0 amide bonds. The van der Waals surface area contributed by atoms with E-state index in [2.05, 4.69) is 9.99 Å². The molecule has 0 radical (unpaired) electrons. The Labute approximate surface area is 120 Å². The van der Waals surface area contributed by atoms with Crippen molar-refractivity contribution in [3.05, 3.63) is 48.0 Å². The Morgan fingerprint density at radius 3 is 2.48 bits per heavy atom. The average molecular weight is 317 g/mol. The maximum Gasteiger partial charge on any atom is 0.437 e. The van der Waals surface area contributed by atoms with Crippen LogP contribution in [-0.4, -0.2) is 26.6 Å². The summed E-state index contributed by atoms with van der Waals surface area (Å²) in [6.07, 6.45) is -4.74. The second-order valence-electron chi connectivity index (χ2n) is 4.07. The Morgan fingerprint density at radius 2 is 1.86 bits per heavy atom. The Kier molecular flexibility index (Phi) is 4.59. The van der Waals surface area contributed by atoms with E-state index in [1.54, 1.807) is 24.3 Å². The molecule has 1 N–H and O–H groups in total. The first-order chi connectivity index (χ1) is 9.88. The van der Waals surface area contributed by atoms with Gasteiger partial charge in [-0.2, -0.15) is 13.2 Å². The van der Waals surface area contributed by atoms with Gasteiger partial charge in [0.25, 0.3) is 0 Å². The fraction of sp³-hybridized carbons (Fsp3) is 0.154. The zero-order valence-corrected chi connectivity index (χ0v) is 11.3. The maximum absolute atomic E-state index is 13.0. The summed E-state index contributed by atoms with van der Waals surface area (Å²) in [5, 5.41) is 4.37. The quantitative estimate of drug-likeness (QED) is 0.535. The molecule has 0 saturated heterocycles. The summed E-state index contributed by atoms with van der Waals surface area (Å²) >= 11 is -2.38. The third kappa shape index (κ3) is 4.02. The lowest BCUT2D eigenvalue weighted by atomic mass is 10.0. The van der Waals surface area contributed by atoms with E-state index in [1.165, 1.54) is 18.2 Å². The summed E-state index contributed by atoms with van der Waals surface area (Å²) in [6.45, 7) is 0. The molecular weight excluding hydrogens is 307 g/mol. The van der Waals surface area contributed by atoms with E-state index < -0.39 is 28.9 Å². The molecular formula is C13H10F3NO3S. The van der Waals surface area contributed by atoms with Crippen LogP contribution in [0.4, 0.5) is 13.2 Å². The van der Waals surface area contributed by atoms with Crippen molar-refractivity contribution >= 4 is 27.6 Å². The number of hydrogen-bond donors (Lipinski definition) is 1. The largest absolute Gasteiger partial charge is 0.437 e. The van der Waals surface area contributed by atoms with Crippen molar-refractivity contribution in [1.29, 1.82) is 0 Å². The van der Waals surface area contributed by atoms with Gasteiger partial charge in [0, 0.05) is 5.56 Å². The minimum Gasteiger partial charge on any atom is -0.379 e. The van der Waals surface area contributed by atoms with E-state index in [1.807, 2.05) is 0 Å². The number of oxime groups is 1. The lowest BCUT2D eigenvalue weighted by molar-refractivity contribution is -0.0610. The van der Waals surface area contributed by atoms with Gasteiger partial charge in [-0.3, -0.25) is 0 Å². The van der Waals surface area contributed by atoms with Crippen LogP contribution in [0.3, 0.4) is 0 Å². The third-order valence-corrected chi connectivity index (χ3v) is 2.91. The van der Waals surface area contributed by atoms with Gasteiger partial charge in [0.15, 0.2) is 16.8 Å². The normalized spacial score (nSPS) is 14.2.